The van der Waals surface area contributed by atoms with Gasteiger partial charge >= 0.3 is 5.97 Å². The Kier molecular flexibility index (Phi) is 5.17. The molecule has 0 unspecified atom stereocenters. The minimum absolute atomic E-state index is 0.0244. The number of methoxy groups -OCH3 is 1. The van der Waals surface area contributed by atoms with Gasteiger partial charge in [-0.15, -0.1) is 0 Å². The molecule has 0 amide bonds. The first-order valence-corrected chi connectivity index (χ1v) is 9.62. The molecule has 0 aliphatic carbocycles. The molecule has 0 atom stereocenters. The first kappa shape index (κ1) is 16.5. The van der Waals surface area contributed by atoms with Crippen LogP contribution in [0.2, 0.25) is 18.1 Å². The maximum Gasteiger partial charge on any atom is 0.317 e. The van der Waals surface area contributed by atoms with Gasteiger partial charge in [-0.3, -0.25) is 0 Å². The van der Waals surface area contributed by atoms with E-state index < -0.39 is 8.32 Å². The number of hydrogen-bond donors (Lipinski definition) is 0. The second kappa shape index (κ2) is 6.26. The zero-order valence-electron chi connectivity index (χ0n) is 13.2. The Hall–Kier alpha value is -1.55. The van der Waals surface area contributed by atoms with Crippen molar-refractivity contribution in [1.29, 1.82) is 0 Å². The van der Waals surface area contributed by atoms with Crippen LogP contribution in [0.1, 0.15) is 26.3 Å². The van der Waals surface area contributed by atoms with Crippen LogP contribution in [0.4, 0.5) is 0 Å². The van der Waals surface area contributed by atoms with Crippen LogP contribution < -0.4 is 4.74 Å². The van der Waals surface area contributed by atoms with Crippen molar-refractivity contribution in [3.63, 3.8) is 0 Å². The number of ether oxygens (including phenoxy) is 1. The standard InChI is InChI=1S/C16H24O3Si/c1-16(2,3)20(5,6)19-15(17)12-9-13-7-10-14(18-4)11-8-13/h7-12H,1-6H3/b12-9+. The SMILES string of the molecule is COc1ccc(/C=C/C(=O)O[Si](C)(C)C(C)(C)C)cc1. The number of carbonyl (C=O) groups excluding carboxylic acids is 1. The molecule has 3 nitrogen and oxygen atoms in total. The average Bonchev–Trinajstić information content (AvgIpc) is 2.35. The fraction of sp³-hybridized carbons (Fsp3) is 0.438. The van der Waals surface area contributed by atoms with Crippen LogP contribution in [0.3, 0.4) is 0 Å². The Morgan fingerprint density at radius 3 is 2.15 bits per heavy atom. The fourth-order valence-electron chi connectivity index (χ4n) is 1.32. The molecular formula is C16H24O3Si. The summed E-state index contributed by atoms with van der Waals surface area (Å²) in [6.45, 7) is 10.5. The van der Waals surface area contributed by atoms with Crippen LogP contribution in [0, 0.1) is 0 Å². The van der Waals surface area contributed by atoms with Gasteiger partial charge in [-0.25, -0.2) is 4.79 Å². The van der Waals surface area contributed by atoms with Gasteiger partial charge in [-0.1, -0.05) is 32.9 Å². The monoisotopic (exact) mass is 292 g/mol. The van der Waals surface area contributed by atoms with Crippen molar-refractivity contribution in [3.8, 4) is 5.75 Å². The average molecular weight is 292 g/mol. The predicted molar refractivity (Wildman–Crippen MR) is 85.3 cm³/mol. The van der Waals surface area contributed by atoms with Gasteiger partial charge in [0.05, 0.1) is 7.11 Å². The van der Waals surface area contributed by atoms with Gasteiger partial charge in [-0.2, -0.15) is 0 Å². The summed E-state index contributed by atoms with van der Waals surface area (Å²) >= 11 is 0. The Bertz CT molecular complexity index is 481. The molecule has 0 aliphatic rings. The van der Waals surface area contributed by atoms with E-state index in [1.807, 2.05) is 24.3 Å². The first-order chi connectivity index (χ1) is 9.15. The number of hydrogen-bond acceptors (Lipinski definition) is 3. The van der Waals surface area contributed by atoms with E-state index in [2.05, 4.69) is 33.9 Å². The van der Waals surface area contributed by atoms with E-state index in [-0.39, 0.29) is 11.0 Å². The van der Waals surface area contributed by atoms with Crippen molar-refractivity contribution < 1.29 is 14.0 Å². The predicted octanol–water partition coefficient (Wildman–Crippen LogP) is 4.26. The highest BCUT2D eigenvalue weighted by Gasteiger charge is 2.39. The van der Waals surface area contributed by atoms with Gasteiger partial charge in [0.1, 0.15) is 5.75 Å². The van der Waals surface area contributed by atoms with Gasteiger partial charge in [-0.05, 0) is 41.9 Å². The maximum absolute atomic E-state index is 11.9. The Morgan fingerprint density at radius 2 is 1.70 bits per heavy atom. The third-order valence-corrected chi connectivity index (χ3v) is 8.01. The summed E-state index contributed by atoms with van der Waals surface area (Å²) < 4.78 is 10.7. The van der Waals surface area contributed by atoms with Crippen molar-refractivity contribution >= 4 is 20.4 Å². The first-order valence-electron chi connectivity index (χ1n) is 6.71. The van der Waals surface area contributed by atoms with Crippen molar-refractivity contribution in [2.75, 3.05) is 7.11 Å². The highest BCUT2D eigenvalue weighted by Crippen LogP contribution is 2.36. The summed E-state index contributed by atoms with van der Waals surface area (Å²) in [6.07, 6.45) is 3.25. The van der Waals surface area contributed by atoms with Crippen LogP contribution in [0.15, 0.2) is 30.3 Å². The quantitative estimate of drug-likeness (QED) is 0.614. The molecule has 0 aromatic heterocycles. The molecule has 0 spiro atoms. The van der Waals surface area contributed by atoms with Crippen molar-refractivity contribution in [2.24, 2.45) is 0 Å². The summed E-state index contributed by atoms with van der Waals surface area (Å²) in [4.78, 5) is 11.9. The van der Waals surface area contributed by atoms with Crippen molar-refractivity contribution in [1.82, 2.24) is 0 Å². The molecule has 0 saturated carbocycles. The lowest BCUT2D eigenvalue weighted by Crippen LogP contribution is -2.42. The molecule has 0 heterocycles. The number of benzene rings is 1. The molecule has 0 N–H and O–H groups in total. The molecule has 0 saturated heterocycles. The lowest BCUT2D eigenvalue weighted by molar-refractivity contribution is -0.129. The maximum atomic E-state index is 11.9. The van der Waals surface area contributed by atoms with E-state index >= 15 is 0 Å². The highest BCUT2D eigenvalue weighted by atomic mass is 28.4. The van der Waals surface area contributed by atoms with Gasteiger partial charge < -0.3 is 9.16 Å². The third kappa shape index (κ3) is 4.53. The van der Waals surface area contributed by atoms with Gasteiger partial charge in [0.2, 0.25) is 0 Å². The Labute approximate surface area is 122 Å². The normalized spacial score (nSPS) is 12.5. The molecule has 20 heavy (non-hydrogen) atoms. The highest BCUT2D eigenvalue weighted by molar-refractivity contribution is 6.75. The fourth-order valence-corrected chi connectivity index (χ4v) is 2.20. The van der Waals surface area contributed by atoms with Crippen LogP contribution in [-0.4, -0.2) is 21.4 Å². The summed E-state index contributed by atoms with van der Waals surface area (Å²) in [5.41, 5.74) is 0.943. The van der Waals surface area contributed by atoms with Crippen LogP contribution >= 0.6 is 0 Å². The zero-order chi connectivity index (χ0) is 15.4. The van der Waals surface area contributed by atoms with Gasteiger partial charge in [0.25, 0.3) is 8.32 Å². The van der Waals surface area contributed by atoms with E-state index in [1.54, 1.807) is 13.2 Å². The minimum Gasteiger partial charge on any atom is -0.516 e. The molecule has 0 bridgehead atoms. The molecule has 1 aromatic carbocycles. The molecule has 110 valence electrons. The van der Waals surface area contributed by atoms with E-state index in [0.29, 0.717) is 0 Å². The Morgan fingerprint density at radius 1 is 1.15 bits per heavy atom. The molecule has 0 radical (unpaired) electrons. The van der Waals surface area contributed by atoms with Gasteiger partial charge in [0.15, 0.2) is 0 Å². The zero-order valence-corrected chi connectivity index (χ0v) is 14.2. The van der Waals surface area contributed by atoms with Crippen LogP contribution in [-0.2, 0) is 9.22 Å². The molecule has 0 fully saturated rings. The van der Waals surface area contributed by atoms with E-state index in [1.165, 1.54) is 6.08 Å². The summed E-state index contributed by atoms with van der Waals surface area (Å²) in [5.74, 6) is 0.526. The molecule has 1 aromatic rings. The molecule has 0 aliphatic heterocycles. The van der Waals surface area contributed by atoms with Crippen LogP contribution in [0.5, 0.6) is 5.75 Å². The van der Waals surface area contributed by atoms with Crippen molar-refractivity contribution in [3.05, 3.63) is 35.9 Å². The summed E-state index contributed by atoms with van der Waals surface area (Å²) in [7, 11) is -0.415. The second-order valence-corrected chi connectivity index (χ2v) is 11.0. The largest absolute Gasteiger partial charge is 0.516 e. The lowest BCUT2D eigenvalue weighted by Gasteiger charge is -2.34. The molecular weight excluding hydrogens is 268 g/mol. The van der Waals surface area contributed by atoms with Crippen molar-refractivity contribution in [2.45, 2.75) is 38.9 Å². The lowest BCUT2D eigenvalue weighted by atomic mass is 10.2. The summed E-state index contributed by atoms with van der Waals surface area (Å²) in [5, 5.41) is 0.0244. The number of carbonyl (C=O) groups is 1. The number of rotatable bonds is 4. The third-order valence-electron chi connectivity index (χ3n) is 3.69. The van der Waals surface area contributed by atoms with E-state index in [4.69, 9.17) is 9.16 Å². The van der Waals surface area contributed by atoms with Gasteiger partial charge in [0, 0.05) is 6.08 Å². The van der Waals surface area contributed by atoms with E-state index in [9.17, 15) is 4.79 Å². The Balaban J connectivity index is 2.68. The minimum atomic E-state index is -2.04. The smallest absolute Gasteiger partial charge is 0.317 e. The summed E-state index contributed by atoms with van der Waals surface area (Å²) in [6, 6.07) is 7.52. The molecule has 4 heteroatoms. The molecule has 1 rings (SSSR count). The second-order valence-electron chi connectivity index (χ2n) is 6.29. The topological polar surface area (TPSA) is 35.5 Å². The van der Waals surface area contributed by atoms with E-state index in [0.717, 1.165) is 11.3 Å². The van der Waals surface area contributed by atoms with Crippen LogP contribution in [0.25, 0.3) is 6.08 Å².